The highest BCUT2D eigenvalue weighted by molar-refractivity contribution is 5.85. The third-order valence-corrected chi connectivity index (χ3v) is 1.04. The van der Waals surface area contributed by atoms with E-state index in [0.29, 0.717) is 19.0 Å². The van der Waals surface area contributed by atoms with E-state index in [9.17, 15) is 0 Å². The van der Waals surface area contributed by atoms with Gasteiger partial charge in [-0.05, 0) is 6.07 Å². The second-order valence-corrected chi connectivity index (χ2v) is 1.91. The molecule has 0 bridgehead atoms. The van der Waals surface area contributed by atoms with Crippen LogP contribution in [0, 0.1) is 0 Å². The number of rotatable bonds is 4. The molecule has 1 aromatic rings. The highest BCUT2D eigenvalue weighted by Crippen LogP contribution is 1.89. The summed E-state index contributed by atoms with van der Waals surface area (Å²) in [6, 6.07) is 1.76. The van der Waals surface area contributed by atoms with Crippen LogP contribution in [0.15, 0.2) is 18.5 Å². The first-order valence-electron chi connectivity index (χ1n) is 3.39. The van der Waals surface area contributed by atoms with E-state index in [2.05, 4.69) is 20.8 Å². The maximum atomic E-state index is 5.25. The number of nitrogens with two attached hydrogens (primary N) is 1. The molecule has 0 aliphatic carbocycles. The number of halogens is 1. The van der Waals surface area contributed by atoms with Gasteiger partial charge in [0.25, 0.3) is 0 Å². The summed E-state index contributed by atoms with van der Waals surface area (Å²) in [6.07, 6.45) is 3.33. The average molecular weight is 190 g/mol. The highest BCUT2D eigenvalue weighted by atomic mass is 35.5. The SMILES string of the molecule is Cl.NCCNNc1ncccn1. The monoisotopic (exact) mass is 189 g/mol. The van der Waals surface area contributed by atoms with Gasteiger partial charge >= 0.3 is 0 Å². The smallest absolute Gasteiger partial charge is 0.237 e. The Kier molecular flexibility index (Phi) is 6.26. The van der Waals surface area contributed by atoms with E-state index < -0.39 is 0 Å². The molecule has 0 radical (unpaired) electrons. The van der Waals surface area contributed by atoms with Crippen molar-refractivity contribution in [3.8, 4) is 0 Å². The van der Waals surface area contributed by atoms with Crippen LogP contribution in [0.4, 0.5) is 5.95 Å². The average Bonchev–Trinajstić information content (AvgIpc) is 2.07. The Morgan fingerprint density at radius 1 is 1.33 bits per heavy atom. The fraction of sp³-hybridized carbons (Fsp3) is 0.333. The lowest BCUT2D eigenvalue weighted by atomic mass is 10.7. The maximum absolute atomic E-state index is 5.25. The normalized spacial score (nSPS) is 8.75. The van der Waals surface area contributed by atoms with Gasteiger partial charge in [0.1, 0.15) is 0 Å². The molecule has 0 amide bonds. The minimum absolute atomic E-state index is 0. The Morgan fingerprint density at radius 3 is 2.58 bits per heavy atom. The number of anilines is 1. The van der Waals surface area contributed by atoms with Gasteiger partial charge in [0.05, 0.1) is 0 Å². The lowest BCUT2D eigenvalue weighted by Crippen LogP contribution is -2.28. The summed E-state index contributed by atoms with van der Waals surface area (Å²) in [5.74, 6) is 0.556. The zero-order valence-corrected chi connectivity index (χ0v) is 7.34. The van der Waals surface area contributed by atoms with Crippen LogP contribution in [0.3, 0.4) is 0 Å². The maximum Gasteiger partial charge on any atom is 0.237 e. The molecule has 0 saturated carbocycles. The predicted molar refractivity (Wildman–Crippen MR) is 50.0 cm³/mol. The quantitative estimate of drug-likeness (QED) is 0.451. The summed E-state index contributed by atoms with van der Waals surface area (Å²) >= 11 is 0. The van der Waals surface area contributed by atoms with E-state index in [4.69, 9.17) is 5.73 Å². The van der Waals surface area contributed by atoms with Crippen molar-refractivity contribution < 1.29 is 0 Å². The minimum atomic E-state index is 0. The van der Waals surface area contributed by atoms with Gasteiger partial charge in [0.15, 0.2) is 0 Å². The molecule has 1 aromatic heterocycles. The third kappa shape index (κ3) is 4.07. The predicted octanol–water partition coefficient (Wildman–Crippen LogP) is -0.226. The van der Waals surface area contributed by atoms with Crippen molar-refractivity contribution in [3.63, 3.8) is 0 Å². The molecule has 0 unspecified atom stereocenters. The molecule has 0 spiro atoms. The zero-order valence-electron chi connectivity index (χ0n) is 6.53. The first-order valence-corrected chi connectivity index (χ1v) is 3.39. The van der Waals surface area contributed by atoms with Crippen molar-refractivity contribution in [1.29, 1.82) is 0 Å². The number of hydrogen-bond acceptors (Lipinski definition) is 5. The van der Waals surface area contributed by atoms with E-state index in [1.54, 1.807) is 18.5 Å². The molecule has 1 rings (SSSR count). The van der Waals surface area contributed by atoms with Crippen molar-refractivity contribution in [2.45, 2.75) is 0 Å². The van der Waals surface area contributed by atoms with Crippen LogP contribution in [0.2, 0.25) is 0 Å². The van der Waals surface area contributed by atoms with Crippen LogP contribution < -0.4 is 16.6 Å². The number of nitrogens with zero attached hydrogens (tertiary/aromatic N) is 2. The van der Waals surface area contributed by atoms with Crippen molar-refractivity contribution in [3.05, 3.63) is 18.5 Å². The van der Waals surface area contributed by atoms with Crippen LogP contribution in [0.25, 0.3) is 0 Å². The van der Waals surface area contributed by atoms with Gasteiger partial charge < -0.3 is 5.73 Å². The molecule has 68 valence electrons. The van der Waals surface area contributed by atoms with Crippen molar-refractivity contribution in [2.75, 3.05) is 18.5 Å². The van der Waals surface area contributed by atoms with Crippen LogP contribution >= 0.6 is 12.4 Å². The Labute approximate surface area is 77.2 Å². The van der Waals surface area contributed by atoms with E-state index in [0.717, 1.165) is 0 Å². The minimum Gasteiger partial charge on any atom is -0.329 e. The van der Waals surface area contributed by atoms with Crippen molar-refractivity contribution >= 4 is 18.4 Å². The summed E-state index contributed by atoms with van der Waals surface area (Å²) < 4.78 is 0. The molecule has 0 aliphatic heterocycles. The molecule has 0 atom stereocenters. The first-order chi connectivity index (χ1) is 5.43. The Balaban J connectivity index is 0.00000121. The second kappa shape index (κ2) is 6.78. The Hall–Kier alpha value is -0.910. The largest absolute Gasteiger partial charge is 0.329 e. The molecule has 6 heteroatoms. The van der Waals surface area contributed by atoms with Crippen LogP contribution in [-0.2, 0) is 0 Å². The molecule has 0 aromatic carbocycles. The standard InChI is InChI=1S/C6H11N5.ClH/c7-2-5-10-11-6-8-3-1-4-9-6;/h1,3-4,10H,2,5,7H2,(H,8,9,11);1H. The highest BCUT2D eigenvalue weighted by Gasteiger charge is 1.88. The van der Waals surface area contributed by atoms with Crippen molar-refractivity contribution in [1.82, 2.24) is 15.4 Å². The Bertz CT molecular complexity index is 192. The van der Waals surface area contributed by atoms with Gasteiger partial charge in [-0.1, -0.05) is 0 Å². The van der Waals surface area contributed by atoms with Crippen LogP contribution in [-0.4, -0.2) is 23.1 Å². The van der Waals surface area contributed by atoms with Gasteiger partial charge in [-0.3, -0.25) is 5.43 Å². The number of aromatic nitrogens is 2. The number of hydrogen-bond donors (Lipinski definition) is 3. The van der Waals surface area contributed by atoms with Crippen LogP contribution in [0.1, 0.15) is 0 Å². The lowest BCUT2D eigenvalue weighted by molar-refractivity contribution is 0.776. The summed E-state index contributed by atoms with van der Waals surface area (Å²) in [5.41, 5.74) is 10.9. The van der Waals surface area contributed by atoms with E-state index in [1.807, 2.05) is 0 Å². The topological polar surface area (TPSA) is 75.9 Å². The molecule has 0 fully saturated rings. The zero-order chi connectivity index (χ0) is 7.94. The van der Waals surface area contributed by atoms with Crippen molar-refractivity contribution in [2.24, 2.45) is 5.73 Å². The molecule has 1 heterocycles. The van der Waals surface area contributed by atoms with E-state index >= 15 is 0 Å². The van der Waals surface area contributed by atoms with E-state index in [-0.39, 0.29) is 12.4 Å². The summed E-state index contributed by atoms with van der Waals surface area (Å²) in [4.78, 5) is 7.85. The summed E-state index contributed by atoms with van der Waals surface area (Å²) in [6.45, 7) is 1.28. The molecule has 0 saturated heterocycles. The first kappa shape index (κ1) is 11.1. The van der Waals surface area contributed by atoms with Crippen LogP contribution in [0.5, 0.6) is 0 Å². The van der Waals surface area contributed by atoms with Gasteiger partial charge in [0.2, 0.25) is 5.95 Å². The van der Waals surface area contributed by atoms with Gasteiger partial charge in [-0.15, -0.1) is 12.4 Å². The molecule has 5 nitrogen and oxygen atoms in total. The fourth-order valence-corrected chi connectivity index (χ4v) is 0.577. The lowest BCUT2D eigenvalue weighted by Gasteiger charge is -2.03. The third-order valence-electron chi connectivity index (χ3n) is 1.04. The molecular formula is C6H12ClN5. The molecule has 0 aliphatic rings. The van der Waals surface area contributed by atoms with E-state index in [1.165, 1.54) is 0 Å². The molecule has 4 N–H and O–H groups in total. The van der Waals surface area contributed by atoms with Gasteiger partial charge in [0, 0.05) is 25.5 Å². The Morgan fingerprint density at radius 2 is 2.00 bits per heavy atom. The molecular weight excluding hydrogens is 178 g/mol. The van der Waals surface area contributed by atoms with Gasteiger partial charge in [-0.2, -0.15) is 0 Å². The number of nitrogens with one attached hydrogen (secondary N) is 2. The second-order valence-electron chi connectivity index (χ2n) is 1.91. The number of hydrazine groups is 1. The summed E-state index contributed by atoms with van der Waals surface area (Å²) in [5, 5.41) is 0. The fourth-order valence-electron chi connectivity index (χ4n) is 0.577. The molecule has 12 heavy (non-hydrogen) atoms. The summed E-state index contributed by atoms with van der Waals surface area (Å²) in [7, 11) is 0. The van der Waals surface area contributed by atoms with Gasteiger partial charge in [-0.25, -0.2) is 15.4 Å².